The fourth-order valence-electron chi connectivity index (χ4n) is 3.01. The Kier molecular flexibility index (Phi) is 5.51. The summed E-state index contributed by atoms with van der Waals surface area (Å²) >= 11 is 3.45. The molecular weight excluding hydrogens is 415 g/mol. The zero-order valence-corrected chi connectivity index (χ0v) is 16.9. The van der Waals surface area contributed by atoms with Crippen LogP contribution in [0.3, 0.4) is 0 Å². The van der Waals surface area contributed by atoms with Gasteiger partial charge in [0.2, 0.25) is 5.60 Å². The van der Waals surface area contributed by atoms with E-state index in [0.29, 0.717) is 18.7 Å². The van der Waals surface area contributed by atoms with E-state index >= 15 is 0 Å². The SMILES string of the molecule is COc1ccc(CN(C)C(=O)C2(C)CC(c3ccc(F)cc3)=NO2)cc1Br. The summed E-state index contributed by atoms with van der Waals surface area (Å²) in [5.74, 6) is 0.244. The van der Waals surface area contributed by atoms with Gasteiger partial charge in [0.25, 0.3) is 5.91 Å². The second-order valence-electron chi connectivity index (χ2n) is 6.67. The molecule has 0 N–H and O–H groups in total. The third-order valence-electron chi connectivity index (χ3n) is 4.47. The highest BCUT2D eigenvalue weighted by atomic mass is 79.9. The van der Waals surface area contributed by atoms with Gasteiger partial charge in [-0.3, -0.25) is 4.79 Å². The van der Waals surface area contributed by atoms with Crippen molar-refractivity contribution >= 4 is 27.5 Å². The van der Waals surface area contributed by atoms with Crippen LogP contribution in [-0.2, 0) is 16.2 Å². The Hall–Kier alpha value is -2.41. The molecule has 0 fully saturated rings. The summed E-state index contributed by atoms with van der Waals surface area (Å²) in [6.07, 6.45) is 0.327. The largest absolute Gasteiger partial charge is 0.496 e. The van der Waals surface area contributed by atoms with Crippen molar-refractivity contribution in [3.63, 3.8) is 0 Å². The molecule has 0 saturated carbocycles. The number of methoxy groups -OCH3 is 1. The Labute approximate surface area is 165 Å². The Morgan fingerprint density at radius 1 is 1.33 bits per heavy atom. The fraction of sp³-hybridized carbons (Fsp3) is 0.300. The average molecular weight is 435 g/mol. The summed E-state index contributed by atoms with van der Waals surface area (Å²) in [7, 11) is 3.33. The van der Waals surface area contributed by atoms with Crippen LogP contribution in [-0.4, -0.2) is 36.3 Å². The maximum atomic E-state index is 13.1. The van der Waals surface area contributed by atoms with Gasteiger partial charge in [-0.25, -0.2) is 4.39 Å². The van der Waals surface area contributed by atoms with Gasteiger partial charge in [-0.05, 0) is 58.2 Å². The highest BCUT2D eigenvalue weighted by Crippen LogP contribution is 2.30. The normalized spacial score (nSPS) is 18.6. The quantitative estimate of drug-likeness (QED) is 0.710. The van der Waals surface area contributed by atoms with Crippen molar-refractivity contribution in [1.82, 2.24) is 4.90 Å². The molecule has 3 rings (SSSR count). The second-order valence-corrected chi connectivity index (χ2v) is 7.53. The van der Waals surface area contributed by atoms with E-state index < -0.39 is 5.60 Å². The average Bonchev–Trinajstić information content (AvgIpc) is 3.05. The first-order valence-corrected chi connectivity index (χ1v) is 9.20. The van der Waals surface area contributed by atoms with E-state index in [1.165, 1.54) is 12.1 Å². The third-order valence-corrected chi connectivity index (χ3v) is 5.09. The van der Waals surface area contributed by atoms with E-state index in [1.807, 2.05) is 18.2 Å². The number of amides is 1. The van der Waals surface area contributed by atoms with Crippen LogP contribution in [0.1, 0.15) is 24.5 Å². The number of rotatable bonds is 5. The summed E-state index contributed by atoms with van der Waals surface area (Å²) in [5, 5.41) is 4.06. The first-order chi connectivity index (χ1) is 12.8. The maximum absolute atomic E-state index is 13.1. The Morgan fingerprint density at radius 3 is 2.67 bits per heavy atom. The second kappa shape index (κ2) is 7.68. The lowest BCUT2D eigenvalue weighted by atomic mass is 9.94. The van der Waals surface area contributed by atoms with E-state index in [4.69, 9.17) is 9.57 Å². The molecule has 5 nitrogen and oxygen atoms in total. The van der Waals surface area contributed by atoms with E-state index in [1.54, 1.807) is 38.1 Å². The molecule has 2 aromatic carbocycles. The van der Waals surface area contributed by atoms with Crippen LogP contribution in [0.25, 0.3) is 0 Å². The molecule has 7 heteroatoms. The molecule has 0 saturated heterocycles. The van der Waals surface area contributed by atoms with Gasteiger partial charge in [-0.1, -0.05) is 23.4 Å². The summed E-state index contributed by atoms with van der Waals surface area (Å²) in [6, 6.07) is 11.7. The van der Waals surface area contributed by atoms with Crippen molar-refractivity contribution in [3.05, 3.63) is 63.9 Å². The van der Waals surface area contributed by atoms with Gasteiger partial charge in [-0.15, -0.1) is 0 Å². The van der Waals surface area contributed by atoms with Gasteiger partial charge in [0, 0.05) is 20.0 Å². The van der Waals surface area contributed by atoms with Gasteiger partial charge in [0.1, 0.15) is 11.6 Å². The molecule has 1 atom stereocenters. The molecule has 0 bridgehead atoms. The standard InChI is InChI=1S/C20H20BrFN2O3/c1-20(11-17(23-27-20)14-5-7-15(22)8-6-14)19(25)24(2)12-13-4-9-18(26-3)16(21)10-13/h4-10H,11-12H2,1-3H3. The lowest BCUT2D eigenvalue weighted by Gasteiger charge is -2.27. The highest BCUT2D eigenvalue weighted by Gasteiger charge is 2.43. The van der Waals surface area contributed by atoms with Crippen molar-refractivity contribution in [3.8, 4) is 5.75 Å². The number of benzene rings is 2. The minimum absolute atomic E-state index is 0.171. The van der Waals surface area contributed by atoms with E-state index in [2.05, 4.69) is 21.1 Å². The predicted molar refractivity (Wildman–Crippen MR) is 104 cm³/mol. The molecule has 1 unspecified atom stereocenters. The molecule has 1 heterocycles. The van der Waals surface area contributed by atoms with Gasteiger partial charge < -0.3 is 14.5 Å². The Balaban J connectivity index is 1.68. The molecule has 27 heavy (non-hydrogen) atoms. The summed E-state index contributed by atoms with van der Waals surface area (Å²) in [5.41, 5.74) is 1.25. The molecule has 1 aliphatic heterocycles. The van der Waals surface area contributed by atoms with Crippen LogP contribution >= 0.6 is 15.9 Å². The van der Waals surface area contributed by atoms with Gasteiger partial charge in [0.05, 0.1) is 17.3 Å². The monoisotopic (exact) mass is 434 g/mol. The predicted octanol–water partition coefficient (Wildman–Crippen LogP) is 4.14. The van der Waals surface area contributed by atoms with Crippen molar-refractivity contribution in [1.29, 1.82) is 0 Å². The van der Waals surface area contributed by atoms with E-state index in [0.717, 1.165) is 21.3 Å². The molecule has 142 valence electrons. The molecular formula is C20H20BrFN2O3. The lowest BCUT2D eigenvalue weighted by molar-refractivity contribution is -0.152. The minimum atomic E-state index is -1.08. The number of carbonyl (C=O) groups is 1. The van der Waals surface area contributed by atoms with Crippen LogP contribution in [0.4, 0.5) is 4.39 Å². The van der Waals surface area contributed by atoms with Gasteiger partial charge in [0.15, 0.2) is 0 Å². The van der Waals surface area contributed by atoms with E-state index in [9.17, 15) is 9.18 Å². The first kappa shape index (κ1) is 19.4. The molecule has 0 radical (unpaired) electrons. The van der Waals surface area contributed by atoms with Crippen LogP contribution < -0.4 is 4.74 Å². The first-order valence-electron chi connectivity index (χ1n) is 8.41. The zero-order valence-electron chi connectivity index (χ0n) is 15.3. The van der Waals surface area contributed by atoms with Crippen molar-refractivity contribution in [2.45, 2.75) is 25.5 Å². The molecule has 2 aromatic rings. The number of oxime groups is 1. The molecule has 0 aromatic heterocycles. The Bertz CT molecular complexity index is 885. The molecule has 1 aliphatic rings. The summed E-state index contributed by atoms with van der Waals surface area (Å²) in [4.78, 5) is 20.0. The maximum Gasteiger partial charge on any atom is 0.269 e. The molecule has 0 spiro atoms. The van der Waals surface area contributed by atoms with Crippen LogP contribution in [0, 0.1) is 5.82 Å². The van der Waals surface area contributed by atoms with Gasteiger partial charge in [-0.2, -0.15) is 0 Å². The van der Waals surface area contributed by atoms with Crippen LogP contribution in [0.15, 0.2) is 52.1 Å². The molecule has 0 aliphatic carbocycles. The minimum Gasteiger partial charge on any atom is -0.496 e. The zero-order chi connectivity index (χ0) is 19.6. The summed E-state index contributed by atoms with van der Waals surface area (Å²) < 4.78 is 19.2. The number of nitrogens with zero attached hydrogens (tertiary/aromatic N) is 2. The number of carbonyl (C=O) groups excluding carboxylic acids is 1. The summed E-state index contributed by atoms with van der Waals surface area (Å²) in [6.45, 7) is 2.14. The van der Waals surface area contributed by atoms with Crippen LogP contribution in [0.2, 0.25) is 0 Å². The van der Waals surface area contributed by atoms with Crippen LogP contribution in [0.5, 0.6) is 5.75 Å². The number of hydrogen-bond donors (Lipinski definition) is 0. The van der Waals surface area contributed by atoms with Crippen molar-refractivity contribution in [2.75, 3.05) is 14.2 Å². The molecule has 1 amide bonds. The highest BCUT2D eigenvalue weighted by molar-refractivity contribution is 9.10. The Morgan fingerprint density at radius 2 is 2.04 bits per heavy atom. The number of ether oxygens (including phenoxy) is 1. The lowest BCUT2D eigenvalue weighted by Crippen LogP contribution is -2.45. The van der Waals surface area contributed by atoms with Crippen molar-refractivity contribution in [2.24, 2.45) is 5.16 Å². The van der Waals surface area contributed by atoms with Crippen molar-refractivity contribution < 1.29 is 18.8 Å². The number of hydrogen-bond acceptors (Lipinski definition) is 4. The number of likely N-dealkylation sites (N-methyl/N-ethyl adjacent to an activating group) is 1. The van der Waals surface area contributed by atoms with E-state index in [-0.39, 0.29) is 11.7 Å². The number of halogens is 2. The topological polar surface area (TPSA) is 51.1 Å². The smallest absolute Gasteiger partial charge is 0.269 e. The van der Waals surface area contributed by atoms with Gasteiger partial charge >= 0.3 is 0 Å². The fourth-order valence-corrected chi connectivity index (χ4v) is 3.60. The third kappa shape index (κ3) is 4.13.